The van der Waals surface area contributed by atoms with Crippen LogP contribution in [0.4, 0.5) is 10.5 Å². The van der Waals surface area contributed by atoms with Crippen molar-refractivity contribution in [2.24, 2.45) is 0 Å². The Balaban J connectivity index is 1.66. The first kappa shape index (κ1) is 31.1. The lowest BCUT2D eigenvalue weighted by atomic mass is 9.77. The lowest BCUT2D eigenvalue weighted by molar-refractivity contribution is -0.143. The Kier molecular flexibility index (Phi) is 11.7. The number of ether oxygens (including phenoxy) is 2. The summed E-state index contributed by atoms with van der Waals surface area (Å²) in [5.74, 6) is -0.831. The maximum absolute atomic E-state index is 12.6. The van der Waals surface area contributed by atoms with Gasteiger partial charge in [0, 0.05) is 5.69 Å². The lowest BCUT2D eigenvalue weighted by Gasteiger charge is -2.19. The van der Waals surface area contributed by atoms with Crippen molar-refractivity contribution < 1.29 is 33.9 Å². The molecule has 0 aliphatic rings. The second-order valence-electron chi connectivity index (χ2n) is 9.50. The summed E-state index contributed by atoms with van der Waals surface area (Å²) in [5, 5.41) is 24.4. The third kappa shape index (κ3) is 9.93. The highest BCUT2D eigenvalue weighted by atomic mass is 16.5. The highest BCUT2D eigenvalue weighted by molar-refractivity contribution is 6.58. The molecule has 2 amide bonds. The van der Waals surface area contributed by atoms with Gasteiger partial charge in [0.1, 0.15) is 6.61 Å². The molecule has 0 aliphatic carbocycles. The molecule has 0 saturated carbocycles. The number of anilines is 1. The van der Waals surface area contributed by atoms with Crippen molar-refractivity contribution in [3.05, 3.63) is 107 Å². The molecule has 9 nitrogen and oxygen atoms in total. The molecule has 3 aromatic rings. The molecule has 1 atom stereocenters. The molecule has 0 spiro atoms. The molecule has 0 aliphatic heterocycles. The average Bonchev–Trinajstić information content (AvgIpc) is 2.93. The number of carbonyl (C=O) groups is 3. The molecule has 3 aromatic carbocycles. The molecule has 3 rings (SSSR count). The van der Waals surface area contributed by atoms with Gasteiger partial charge in [-0.1, -0.05) is 60.7 Å². The third-order valence-electron chi connectivity index (χ3n) is 6.35. The fourth-order valence-electron chi connectivity index (χ4n) is 4.34. The second kappa shape index (κ2) is 15.4. The van der Waals surface area contributed by atoms with E-state index in [0.717, 1.165) is 22.3 Å². The number of rotatable bonds is 12. The lowest BCUT2D eigenvalue weighted by Crippen LogP contribution is -2.31. The molecule has 10 heteroatoms. The van der Waals surface area contributed by atoms with Gasteiger partial charge in [-0.25, -0.2) is 4.79 Å². The average molecular weight is 558 g/mol. The molecule has 0 aromatic heterocycles. The largest absolute Gasteiger partial charge is 0.488 e. The maximum atomic E-state index is 12.6. The molecular weight excluding hydrogens is 523 g/mol. The van der Waals surface area contributed by atoms with Crippen LogP contribution in [-0.4, -0.2) is 41.7 Å². The summed E-state index contributed by atoms with van der Waals surface area (Å²) in [7, 11) is -1.54. The van der Waals surface area contributed by atoms with E-state index in [4.69, 9.17) is 9.47 Å². The van der Waals surface area contributed by atoms with E-state index in [2.05, 4.69) is 10.6 Å². The predicted octanol–water partition coefficient (Wildman–Crippen LogP) is 3.64. The molecule has 1 unspecified atom stereocenters. The Morgan fingerprint density at radius 2 is 1.66 bits per heavy atom. The number of hydrogen-bond acceptors (Lipinski definition) is 7. The quantitative estimate of drug-likeness (QED) is 0.152. The number of alkyl carbamates (subject to hydrolysis) is 1. The smallest absolute Gasteiger partial charge is 0.466 e. The van der Waals surface area contributed by atoms with E-state index in [0.29, 0.717) is 23.1 Å². The Morgan fingerprint density at radius 1 is 0.951 bits per heavy atom. The molecule has 0 bridgehead atoms. The van der Waals surface area contributed by atoms with Gasteiger partial charge in [0.05, 0.1) is 19.1 Å². The fraction of sp³-hybridized carbons (Fsp3) is 0.258. The van der Waals surface area contributed by atoms with E-state index in [1.807, 2.05) is 44.2 Å². The highest BCUT2D eigenvalue weighted by Crippen LogP contribution is 2.22. The first-order valence-electron chi connectivity index (χ1n) is 13.3. The van der Waals surface area contributed by atoms with Crippen LogP contribution in [0.25, 0.3) is 0 Å². The Hall–Kier alpha value is -4.41. The van der Waals surface area contributed by atoms with Crippen LogP contribution in [0.5, 0.6) is 0 Å². The van der Waals surface area contributed by atoms with Gasteiger partial charge in [-0.3, -0.25) is 9.59 Å². The van der Waals surface area contributed by atoms with Crippen molar-refractivity contribution in [3.8, 4) is 0 Å². The van der Waals surface area contributed by atoms with Crippen molar-refractivity contribution in [1.29, 1.82) is 0 Å². The number of hydrogen-bond donors (Lipinski definition) is 4. The van der Waals surface area contributed by atoms with Gasteiger partial charge in [-0.05, 0) is 78.7 Å². The number of benzene rings is 3. The summed E-state index contributed by atoms with van der Waals surface area (Å²) in [5.41, 5.74) is 5.11. The zero-order valence-corrected chi connectivity index (χ0v) is 23.4. The number of esters is 1. The third-order valence-corrected chi connectivity index (χ3v) is 6.35. The molecule has 0 fully saturated rings. The molecule has 41 heavy (non-hydrogen) atoms. The molecule has 214 valence electrons. The molecule has 0 heterocycles. The number of aryl methyl sites for hydroxylation is 2. The van der Waals surface area contributed by atoms with Crippen LogP contribution >= 0.6 is 0 Å². The number of allylic oxidation sites excluding steroid dienone is 1. The minimum atomic E-state index is -1.54. The van der Waals surface area contributed by atoms with Crippen molar-refractivity contribution in [2.75, 3.05) is 11.9 Å². The molecule has 0 radical (unpaired) electrons. The summed E-state index contributed by atoms with van der Waals surface area (Å²) < 4.78 is 10.4. The highest BCUT2D eigenvalue weighted by Gasteiger charge is 2.21. The van der Waals surface area contributed by atoms with Crippen LogP contribution < -0.4 is 16.1 Å². The van der Waals surface area contributed by atoms with Gasteiger partial charge in [0.15, 0.2) is 0 Å². The summed E-state index contributed by atoms with van der Waals surface area (Å²) in [6, 6.07) is 18.8. The number of amides is 2. The van der Waals surface area contributed by atoms with Gasteiger partial charge in [-0.2, -0.15) is 0 Å². The van der Waals surface area contributed by atoms with Crippen LogP contribution in [-0.2, 0) is 32.1 Å². The summed E-state index contributed by atoms with van der Waals surface area (Å²) in [6.45, 7) is 5.75. The summed E-state index contributed by atoms with van der Waals surface area (Å²) in [4.78, 5) is 37.4. The van der Waals surface area contributed by atoms with Gasteiger partial charge in [-0.15, -0.1) is 0 Å². The van der Waals surface area contributed by atoms with E-state index in [1.54, 1.807) is 49.4 Å². The molecular formula is C31H35BN2O7. The number of carbonyl (C=O) groups excluding carboxylic acids is 3. The second-order valence-corrected chi connectivity index (χ2v) is 9.50. The van der Waals surface area contributed by atoms with Crippen LogP contribution in [0, 0.1) is 13.8 Å². The van der Waals surface area contributed by atoms with Gasteiger partial charge >= 0.3 is 19.2 Å². The standard InChI is InChI=1S/C31H35BN2O7/c1-4-40-30(36)19-28(34-31(37)41-20-23-10-6-5-7-11-23)24-12-8-13-26(18-24)33-29(35)15-9-14-27-21(2)16-25(32(38)39)17-22(27)3/h5-13,15-18,28,38-39H,4,14,19-20H2,1-3H3,(H,33,35)(H,34,37)/b15-9+. The SMILES string of the molecule is CCOC(=O)CC(NC(=O)OCc1ccccc1)c1cccc(NC(=O)/C=C/Cc2c(C)cc(B(O)O)cc2C)c1. The van der Waals surface area contributed by atoms with E-state index in [1.165, 1.54) is 6.08 Å². The summed E-state index contributed by atoms with van der Waals surface area (Å²) in [6.07, 6.45) is 2.85. The number of nitrogens with one attached hydrogen (secondary N) is 2. The monoisotopic (exact) mass is 558 g/mol. The van der Waals surface area contributed by atoms with Crippen molar-refractivity contribution in [2.45, 2.75) is 46.3 Å². The van der Waals surface area contributed by atoms with Crippen molar-refractivity contribution in [3.63, 3.8) is 0 Å². The van der Waals surface area contributed by atoms with Gasteiger partial charge in [0.2, 0.25) is 5.91 Å². The summed E-state index contributed by atoms with van der Waals surface area (Å²) >= 11 is 0. The minimum absolute atomic E-state index is 0.0772. The van der Waals surface area contributed by atoms with Crippen LogP contribution in [0.1, 0.15) is 47.2 Å². The topological polar surface area (TPSA) is 134 Å². The van der Waals surface area contributed by atoms with Gasteiger partial charge < -0.3 is 30.2 Å². The van der Waals surface area contributed by atoms with Crippen molar-refractivity contribution >= 4 is 36.2 Å². The van der Waals surface area contributed by atoms with Crippen LogP contribution in [0.2, 0.25) is 0 Å². The Bertz CT molecular complexity index is 1350. The maximum Gasteiger partial charge on any atom is 0.488 e. The Labute approximate surface area is 240 Å². The molecule has 0 saturated heterocycles. The molecule has 4 N–H and O–H groups in total. The zero-order chi connectivity index (χ0) is 29.8. The fourth-order valence-corrected chi connectivity index (χ4v) is 4.34. The van der Waals surface area contributed by atoms with E-state index in [9.17, 15) is 24.4 Å². The van der Waals surface area contributed by atoms with Crippen LogP contribution in [0.3, 0.4) is 0 Å². The van der Waals surface area contributed by atoms with E-state index < -0.39 is 25.2 Å². The first-order valence-corrected chi connectivity index (χ1v) is 13.3. The van der Waals surface area contributed by atoms with Crippen LogP contribution in [0.15, 0.2) is 78.9 Å². The van der Waals surface area contributed by atoms with Crippen molar-refractivity contribution in [1.82, 2.24) is 5.32 Å². The van der Waals surface area contributed by atoms with E-state index in [-0.39, 0.29) is 25.5 Å². The Morgan fingerprint density at radius 3 is 2.32 bits per heavy atom. The zero-order valence-electron chi connectivity index (χ0n) is 23.4. The predicted molar refractivity (Wildman–Crippen MR) is 157 cm³/mol. The minimum Gasteiger partial charge on any atom is -0.466 e. The normalized spacial score (nSPS) is 11.5. The first-order chi connectivity index (χ1) is 19.7. The van der Waals surface area contributed by atoms with E-state index >= 15 is 0 Å². The van der Waals surface area contributed by atoms with Gasteiger partial charge in [0.25, 0.3) is 0 Å².